The van der Waals surface area contributed by atoms with Crippen molar-refractivity contribution in [2.75, 3.05) is 7.11 Å². The van der Waals surface area contributed by atoms with Gasteiger partial charge in [-0.1, -0.05) is 28.7 Å². The molecule has 0 aromatic carbocycles. The first-order chi connectivity index (χ1) is 11.0. The van der Waals surface area contributed by atoms with Gasteiger partial charge in [-0.25, -0.2) is 0 Å². The fraction of sp³-hybridized carbons (Fsp3) is 0.474. The number of rotatable bonds is 6. The second kappa shape index (κ2) is 13.6. The molecule has 2 heterocycles. The summed E-state index contributed by atoms with van der Waals surface area (Å²) in [7, 11) is 1.43. The summed E-state index contributed by atoms with van der Waals surface area (Å²) in [6, 6.07) is 3.84. The van der Waals surface area contributed by atoms with Crippen molar-refractivity contribution in [3.05, 3.63) is 44.8 Å². The number of carbonyl (C=O) groups is 2. The van der Waals surface area contributed by atoms with E-state index < -0.39 is 5.97 Å². The number of methoxy groups -OCH3 is 1. The third kappa shape index (κ3) is 7.84. The Labute approximate surface area is 159 Å². The molecule has 2 rings (SSSR count). The molecule has 0 saturated carbocycles. The predicted molar refractivity (Wildman–Crippen MR) is 108 cm³/mol. The second-order valence-electron chi connectivity index (χ2n) is 4.90. The maximum atomic E-state index is 11.2. The molecule has 2 aromatic heterocycles. The van der Waals surface area contributed by atoms with Crippen LogP contribution in [0.25, 0.3) is 0 Å². The number of carbonyl (C=O) groups excluding carboxylic acids is 1. The fourth-order valence-electron chi connectivity index (χ4n) is 2.18. The molecule has 0 bridgehead atoms. The number of esters is 1. The van der Waals surface area contributed by atoms with Crippen molar-refractivity contribution in [1.29, 1.82) is 0 Å². The highest BCUT2D eigenvalue weighted by atomic mass is 32.1. The zero-order valence-corrected chi connectivity index (χ0v) is 15.2. The van der Waals surface area contributed by atoms with Crippen LogP contribution in [0, 0.1) is 0 Å². The van der Waals surface area contributed by atoms with Crippen molar-refractivity contribution < 1.29 is 19.4 Å². The maximum Gasteiger partial charge on any atom is 0.313 e. The van der Waals surface area contributed by atoms with E-state index in [-0.39, 0.29) is 32.7 Å². The molecule has 0 fully saturated rings. The minimum atomic E-state index is -0.731. The number of hydrogen-bond acceptors (Lipinski definition) is 5. The van der Waals surface area contributed by atoms with Gasteiger partial charge < -0.3 is 9.84 Å². The second-order valence-corrected chi connectivity index (χ2v) is 6.46. The van der Waals surface area contributed by atoms with E-state index in [1.54, 1.807) is 11.3 Å². The van der Waals surface area contributed by atoms with Crippen LogP contribution in [0.15, 0.2) is 33.7 Å². The van der Waals surface area contributed by atoms with Crippen molar-refractivity contribution in [2.45, 2.75) is 53.4 Å². The van der Waals surface area contributed by atoms with E-state index in [0.29, 0.717) is 6.42 Å². The number of carboxylic acids is 1. The van der Waals surface area contributed by atoms with Crippen LogP contribution in [-0.4, -0.2) is 24.2 Å². The molecule has 0 aliphatic rings. The highest BCUT2D eigenvalue weighted by molar-refractivity contribution is 7.08. The van der Waals surface area contributed by atoms with Gasteiger partial charge in [-0.05, 0) is 57.6 Å². The van der Waals surface area contributed by atoms with Crippen LogP contribution in [0.5, 0.6) is 0 Å². The lowest BCUT2D eigenvalue weighted by atomic mass is 10.0. The van der Waals surface area contributed by atoms with E-state index in [1.807, 2.05) is 47.5 Å². The zero-order valence-electron chi connectivity index (χ0n) is 13.5. The third-order valence-electron chi connectivity index (χ3n) is 3.49. The molecular formula is C19H30O4S2. The molecule has 2 aromatic rings. The smallest absolute Gasteiger partial charge is 0.313 e. The average molecular weight is 387 g/mol. The Morgan fingerprint density at radius 3 is 1.72 bits per heavy atom. The quantitative estimate of drug-likeness (QED) is 0.617. The van der Waals surface area contributed by atoms with Crippen molar-refractivity contribution in [2.24, 2.45) is 0 Å². The van der Waals surface area contributed by atoms with Gasteiger partial charge in [0.1, 0.15) is 0 Å². The van der Waals surface area contributed by atoms with Crippen molar-refractivity contribution in [3.63, 3.8) is 0 Å². The molecule has 0 saturated heterocycles. The Balaban J connectivity index is 0. The van der Waals surface area contributed by atoms with E-state index in [9.17, 15) is 9.59 Å². The Morgan fingerprint density at radius 2 is 1.44 bits per heavy atom. The van der Waals surface area contributed by atoms with Crippen LogP contribution >= 0.6 is 22.7 Å². The molecule has 0 radical (unpaired) electrons. The van der Waals surface area contributed by atoms with Crippen LogP contribution in [0.4, 0.5) is 0 Å². The molecule has 0 aliphatic heterocycles. The van der Waals surface area contributed by atoms with Crippen molar-refractivity contribution in [1.82, 2.24) is 0 Å². The summed E-state index contributed by atoms with van der Waals surface area (Å²) < 4.78 is 4.69. The van der Waals surface area contributed by atoms with E-state index in [4.69, 9.17) is 9.84 Å². The molecule has 25 heavy (non-hydrogen) atoms. The fourth-order valence-corrected chi connectivity index (χ4v) is 3.61. The lowest BCUT2D eigenvalue weighted by molar-refractivity contribution is -0.142. The molecule has 4 nitrogen and oxygen atoms in total. The van der Waals surface area contributed by atoms with Gasteiger partial charge in [-0.3, -0.25) is 9.59 Å². The zero-order chi connectivity index (χ0) is 17.2. The number of hydrogen-bond donors (Lipinski definition) is 1. The highest BCUT2D eigenvalue weighted by Crippen LogP contribution is 2.23. The Bertz CT molecular complexity index is 577. The lowest BCUT2D eigenvalue weighted by Gasteiger charge is -2.09. The highest BCUT2D eigenvalue weighted by Gasteiger charge is 2.19. The van der Waals surface area contributed by atoms with Gasteiger partial charge in [0.15, 0.2) is 0 Å². The molecular weight excluding hydrogens is 356 g/mol. The van der Waals surface area contributed by atoms with E-state index in [2.05, 4.69) is 0 Å². The van der Waals surface area contributed by atoms with Gasteiger partial charge in [0, 0.05) is 0 Å². The van der Waals surface area contributed by atoms with Gasteiger partial charge in [-0.2, -0.15) is 22.7 Å². The maximum absolute atomic E-state index is 11.2. The van der Waals surface area contributed by atoms with Crippen LogP contribution in [0.1, 0.15) is 64.5 Å². The molecule has 6 heteroatoms. The molecule has 1 N–H and O–H groups in total. The number of ether oxygens (including phenoxy) is 1. The first kappa shape index (κ1) is 25.6. The summed E-state index contributed by atoms with van der Waals surface area (Å²) in [5, 5.41) is 16.5. The monoisotopic (exact) mass is 386 g/mol. The average Bonchev–Trinajstić information content (AvgIpc) is 3.22. The van der Waals surface area contributed by atoms with Gasteiger partial charge in [0.25, 0.3) is 0 Å². The topological polar surface area (TPSA) is 63.6 Å². The largest absolute Gasteiger partial charge is 0.481 e. The van der Waals surface area contributed by atoms with Gasteiger partial charge in [-0.15, -0.1) is 0 Å². The molecule has 0 amide bonds. The normalized spacial score (nSPS) is 11.6. The summed E-state index contributed by atoms with van der Waals surface area (Å²) in [5.41, 5.74) is 1.99. The SMILES string of the molecule is C.C.CCC(C(=O)O)c1ccsc1.CCC(C(=O)OC)c1ccsc1. The minimum absolute atomic E-state index is 0. The van der Waals surface area contributed by atoms with Gasteiger partial charge >= 0.3 is 11.9 Å². The Morgan fingerprint density at radius 1 is 1.00 bits per heavy atom. The standard InChI is InChI=1S/C9H12O2S.C8H10O2S.2CH4/c1-3-8(9(10)11-2)7-4-5-12-6-7;1-2-7(8(9)10)6-3-4-11-5-6;;/h4-6,8H,3H2,1-2H3;3-5,7H,2H2,1H3,(H,9,10);2*1H4. The summed E-state index contributed by atoms with van der Waals surface area (Å²) >= 11 is 3.14. The molecule has 0 aliphatic carbocycles. The Hall–Kier alpha value is -1.66. The van der Waals surface area contributed by atoms with Gasteiger partial charge in [0.2, 0.25) is 0 Å². The van der Waals surface area contributed by atoms with Crippen LogP contribution in [0.3, 0.4) is 0 Å². The summed E-state index contributed by atoms with van der Waals surface area (Å²) in [4.78, 5) is 21.9. The molecule has 0 spiro atoms. The first-order valence-corrected chi connectivity index (χ1v) is 9.28. The summed E-state index contributed by atoms with van der Waals surface area (Å²) in [5.74, 6) is -1.27. The van der Waals surface area contributed by atoms with E-state index >= 15 is 0 Å². The molecule has 2 atom stereocenters. The van der Waals surface area contributed by atoms with Crippen LogP contribution in [-0.2, 0) is 14.3 Å². The third-order valence-corrected chi connectivity index (χ3v) is 4.89. The molecule has 2 unspecified atom stereocenters. The number of carboxylic acid groups (broad SMARTS) is 1. The lowest BCUT2D eigenvalue weighted by Crippen LogP contribution is -2.12. The minimum Gasteiger partial charge on any atom is -0.481 e. The van der Waals surface area contributed by atoms with Crippen LogP contribution in [0.2, 0.25) is 0 Å². The van der Waals surface area contributed by atoms with Crippen LogP contribution < -0.4 is 0 Å². The molecule has 142 valence electrons. The van der Waals surface area contributed by atoms with E-state index in [0.717, 1.165) is 17.5 Å². The van der Waals surface area contributed by atoms with Crippen molar-refractivity contribution in [3.8, 4) is 0 Å². The van der Waals surface area contributed by atoms with Gasteiger partial charge in [0.05, 0.1) is 18.9 Å². The summed E-state index contributed by atoms with van der Waals surface area (Å²) in [6.07, 6.45) is 1.45. The van der Waals surface area contributed by atoms with Crippen molar-refractivity contribution >= 4 is 34.6 Å². The predicted octanol–water partition coefficient (Wildman–Crippen LogP) is 6.01. The summed E-state index contributed by atoms with van der Waals surface area (Å²) in [6.45, 7) is 3.87. The van der Waals surface area contributed by atoms with E-state index in [1.165, 1.54) is 18.4 Å². The first-order valence-electron chi connectivity index (χ1n) is 7.39. The number of aliphatic carboxylic acids is 1. The Kier molecular flexibility index (Phi) is 13.9. The number of thiophene rings is 2.